The minimum Gasteiger partial charge on any atom is -0.496 e. The van der Waals surface area contributed by atoms with Gasteiger partial charge in [0.25, 0.3) is 5.91 Å². The van der Waals surface area contributed by atoms with E-state index in [9.17, 15) is 9.59 Å². The summed E-state index contributed by atoms with van der Waals surface area (Å²) >= 11 is 6.16. The Morgan fingerprint density at radius 2 is 1.72 bits per heavy atom. The number of ether oxygens (including phenoxy) is 2. The zero-order valence-electron chi connectivity index (χ0n) is 18.1. The van der Waals surface area contributed by atoms with Crippen LogP contribution in [0.4, 0.5) is 5.69 Å². The maximum atomic E-state index is 13.4. The number of nitrogens with one attached hydrogen (secondary N) is 1. The summed E-state index contributed by atoms with van der Waals surface area (Å²) in [6, 6.07) is 16.4. The fraction of sp³-hybridized carbons (Fsp3) is 0.280. The van der Waals surface area contributed by atoms with Gasteiger partial charge in [-0.05, 0) is 48.6 Å². The zero-order chi connectivity index (χ0) is 22.7. The highest BCUT2D eigenvalue weighted by Gasteiger charge is 2.30. The molecule has 166 valence electrons. The van der Waals surface area contributed by atoms with E-state index in [0.29, 0.717) is 35.1 Å². The Morgan fingerprint density at radius 1 is 1.00 bits per heavy atom. The van der Waals surface area contributed by atoms with Gasteiger partial charge in [-0.25, -0.2) is 0 Å². The van der Waals surface area contributed by atoms with Crippen LogP contribution in [0.2, 0.25) is 5.02 Å². The van der Waals surface area contributed by atoms with Crippen LogP contribution in [0.3, 0.4) is 0 Å². The first kappa shape index (κ1) is 22.0. The van der Waals surface area contributed by atoms with E-state index in [1.165, 1.54) is 0 Å². The Balaban J connectivity index is 1.50. The number of rotatable bonds is 5. The molecule has 0 unspecified atom stereocenters. The number of amides is 2. The van der Waals surface area contributed by atoms with Crippen molar-refractivity contribution in [1.29, 1.82) is 0 Å². The van der Waals surface area contributed by atoms with Crippen molar-refractivity contribution in [2.24, 2.45) is 5.92 Å². The largest absolute Gasteiger partial charge is 0.496 e. The quantitative estimate of drug-likeness (QED) is 0.591. The molecule has 0 spiro atoms. The van der Waals surface area contributed by atoms with Gasteiger partial charge in [-0.3, -0.25) is 9.59 Å². The predicted molar refractivity (Wildman–Crippen MR) is 126 cm³/mol. The van der Waals surface area contributed by atoms with Crippen LogP contribution in [0.1, 0.15) is 23.2 Å². The van der Waals surface area contributed by atoms with Gasteiger partial charge in [-0.2, -0.15) is 0 Å². The van der Waals surface area contributed by atoms with Crippen LogP contribution in [-0.2, 0) is 4.79 Å². The second kappa shape index (κ2) is 9.49. The number of methoxy groups -OCH3 is 2. The molecule has 32 heavy (non-hydrogen) atoms. The van der Waals surface area contributed by atoms with Gasteiger partial charge >= 0.3 is 0 Å². The van der Waals surface area contributed by atoms with Gasteiger partial charge in [0.1, 0.15) is 11.5 Å². The summed E-state index contributed by atoms with van der Waals surface area (Å²) in [5.74, 6) is 0.785. The third kappa shape index (κ3) is 4.36. The molecule has 4 rings (SSSR count). The molecule has 1 N–H and O–H groups in total. The van der Waals surface area contributed by atoms with Crippen molar-refractivity contribution >= 4 is 39.9 Å². The first-order valence-corrected chi connectivity index (χ1v) is 10.9. The number of fused-ring (bicyclic) bond motifs is 1. The van der Waals surface area contributed by atoms with Crippen LogP contribution in [0, 0.1) is 5.92 Å². The van der Waals surface area contributed by atoms with Gasteiger partial charge in [0, 0.05) is 29.7 Å². The normalized spacial score (nSPS) is 16.0. The maximum Gasteiger partial charge on any atom is 0.254 e. The lowest BCUT2D eigenvalue weighted by Gasteiger charge is -2.32. The van der Waals surface area contributed by atoms with E-state index in [2.05, 4.69) is 5.32 Å². The molecule has 6 nitrogen and oxygen atoms in total. The standard InChI is InChI=1S/C25H25ClN2O4/c1-31-22-12-10-20(18-7-3-4-8-19(18)22)25(30)28-13-5-6-16(15-28)24(29)27-17-9-11-23(32-2)21(26)14-17/h3-4,7-12,14,16H,5-6,13,15H2,1-2H3,(H,27,29)/t16-/m0/s1. The topological polar surface area (TPSA) is 67.9 Å². The minimum atomic E-state index is -0.293. The van der Waals surface area contributed by atoms with E-state index in [4.69, 9.17) is 21.1 Å². The second-order valence-electron chi connectivity index (χ2n) is 7.79. The lowest BCUT2D eigenvalue weighted by Crippen LogP contribution is -2.43. The van der Waals surface area contributed by atoms with Crippen molar-refractivity contribution in [3.8, 4) is 11.5 Å². The number of carbonyl (C=O) groups is 2. The number of benzene rings is 3. The molecule has 1 aliphatic heterocycles. The molecule has 0 saturated carbocycles. The Labute approximate surface area is 192 Å². The van der Waals surface area contributed by atoms with E-state index in [1.54, 1.807) is 43.4 Å². The van der Waals surface area contributed by atoms with E-state index < -0.39 is 0 Å². The number of carbonyl (C=O) groups excluding carboxylic acids is 2. The molecule has 1 heterocycles. The fourth-order valence-corrected chi connectivity index (χ4v) is 4.43. The molecule has 3 aromatic rings. The Morgan fingerprint density at radius 3 is 2.44 bits per heavy atom. The van der Waals surface area contributed by atoms with Gasteiger partial charge in [0.15, 0.2) is 0 Å². The molecule has 0 bridgehead atoms. The number of nitrogens with zero attached hydrogens (tertiary/aromatic N) is 1. The number of anilines is 1. The second-order valence-corrected chi connectivity index (χ2v) is 8.20. The van der Waals surface area contributed by atoms with E-state index in [1.807, 2.05) is 30.3 Å². The van der Waals surface area contributed by atoms with Gasteiger partial charge in [0.05, 0.1) is 25.2 Å². The highest BCUT2D eigenvalue weighted by Crippen LogP contribution is 2.31. The third-order valence-electron chi connectivity index (χ3n) is 5.83. The van der Waals surface area contributed by atoms with Gasteiger partial charge in [0.2, 0.25) is 5.91 Å². The number of likely N-dealkylation sites (tertiary alicyclic amines) is 1. The van der Waals surface area contributed by atoms with Crippen LogP contribution >= 0.6 is 11.6 Å². The Bertz CT molecular complexity index is 1160. The SMILES string of the molecule is COc1ccc(NC(=O)[C@H]2CCCN(C(=O)c3ccc(OC)c4ccccc34)C2)cc1Cl. The van der Waals surface area contributed by atoms with E-state index in [-0.39, 0.29) is 17.7 Å². The van der Waals surface area contributed by atoms with Gasteiger partial charge < -0.3 is 19.7 Å². The number of piperidine rings is 1. The van der Waals surface area contributed by atoms with Crippen LogP contribution in [0.5, 0.6) is 11.5 Å². The van der Waals surface area contributed by atoms with Crippen molar-refractivity contribution in [1.82, 2.24) is 4.90 Å². The molecule has 7 heteroatoms. The smallest absolute Gasteiger partial charge is 0.254 e. The molecule has 0 radical (unpaired) electrons. The van der Waals surface area contributed by atoms with Gasteiger partial charge in [-0.1, -0.05) is 35.9 Å². The average molecular weight is 453 g/mol. The summed E-state index contributed by atoms with van der Waals surface area (Å²) in [6.45, 7) is 0.992. The third-order valence-corrected chi connectivity index (χ3v) is 6.13. The predicted octanol–water partition coefficient (Wildman–Crippen LogP) is 5.00. The maximum absolute atomic E-state index is 13.4. The van der Waals surface area contributed by atoms with Crippen molar-refractivity contribution in [2.45, 2.75) is 12.8 Å². The molecular formula is C25H25ClN2O4. The van der Waals surface area contributed by atoms with Crippen LogP contribution in [-0.4, -0.2) is 44.0 Å². The van der Waals surface area contributed by atoms with Crippen molar-refractivity contribution in [3.05, 3.63) is 65.2 Å². The summed E-state index contributed by atoms with van der Waals surface area (Å²) < 4.78 is 10.6. The van der Waals surface area contributed by atoms with Crippen LogP contribution in [0.15, 0.2) is 54.6 Å². The summed E-state index contributed by atoms with van der Waals surface area (Å²) in [4.78, 5) is 28.0. The van der Waals surface area contributed by atoms with Crippen LogP contribution in [0.25, 0.3) is 10.8 Å². The summed E-state index contributed by atoms with van der Waals surface area (Å²) in [5, 5.41) is 5.08. The molecule has 2 amide bonds. The first-order valence-electron chi connectivity index (χ1n) is 10.5. The van der Waals surface area contributed by atoms with Crippen molar-refractivity contribution < 1.29 is 19.1 Å². The molecular weight excluding hydrogens is 428 g/mol. The monoisotopic (exact) mass is 452 g/mol. The Hall–Kier alpha value is -3.25. The van der Waals surface area contributed by atoms with Gasteiger partial charge in [-0.15, -0.1) is 0 Å². The lowest BCUT2D eigenvalue weighted by atomic mass is 9.95. The molecule has 0 aliphatic carbocycles. The van der Waals surface area contributed by atoms with E-state index in [0.717, 1.165) is 29.4 Å². The minimum absolute atomic E-state index is 0.0751. The van der Waals surface area contributed by atoms with E-state index >= 15 is 0 Å². The molecule has 1 saturated heterocycles. The lowest BCUT2D eigenvalue weighted by molar-refractivity contribution is -0.121. The van der Waals surface area contributed by atoms with Crippen molar-refractivity contribution in [2.75, 3.05) is 32.6 Å². The number of halogens is 1. The number of hydrogen-bond acceptors (Lipinski definition) is 4. The highest BCUT2D eigenvalue weighted by molar-refractivity contribution is 6.32. The molecule has 3 aromatic carbocycles. The molecule has 1 aliphatic rings. The Kier molecular flexibility index (Phi) is 6.51. The highest BCUT2D eigenvalue weighted by atomic mass is 35.5. The van der Waals surface area contributed by atoms with Crippen LogP contribution < -0.4 is 14.8 Å². The number of hydrogen-bond donors (Lipinski definition) is 1. The molecule has 1 fully saturated rings. The van der Waals surface area contributed by atoms with Crippen molar-refractivity contribution in [3.63, 3.8) is 0 Å². The summed E-state index contributed by atoms with van der Waals surface area (Å²) in [6.07, 6.45) is 1.49. The zero-order valence-corrected chi connectivity index (χ0v) is 18.8. The first-order chi connectivity index (χ1) is 15.5. The summed E-state index contributed by atoms with van der Waals surface area (Å²) in [7, 11) is 3.16. The fourth-order valence-electron chi connectivity index (χ4n) is 4.17. The summed E-state index contributed by atoms with van der Waals surface area (Å²) in [5.41, 5.74) is 1.22. The molecule has 0 aromatic heterocycles. The average Bonchev–Trinajstić information content (AvgIpc) is 2.83. The molecule has 1 atom stereocenters.